The first-order valence-electron chi connectivity index (χ1n) is 6.50. The Kier molecular flexibility index (Phi) is 5.13. The van der Waals surface area contributed by atoms with Crippen molar-refractivity contribution in [3.05, 3.63) is 59.3 Å². The molecule has 1 heterocycles. The van der Waals surface area contributed by atoms with E-state index < -0.39 is 5.82 Å². The highest BCUT2D eigenvalue weighted by molar-refractivity contribution is 5.96. The summed E-state index contributed by atoms with van der Waals surface area (Å²) in [6.07, 6.45) is 2.14. The molecule has 5 heteroatoms. The van der Waals surface area contributed by atoms with Gasteiger partial charge in [0.2, 0.25) is 0 Å². The highest BCUT2D eigenvalue weighted by Crippen LogP contribution is 2.10. The number of halogens is 1. The average Bonchev–Trinajstić information content (AvgIpc) is 2.99. The molecular formula is C16H15FN2O2. The minimum Gasteiger partial charge on any atom is -0.469 e. The van der Waals surface area contributed by atoms with E-state index in [9.17, 15) is 9.18 Å². The molecule has 0 aliphatic heterocycles. The van der Waals surface area contributed by atoms with Gasteiger partial charge in [-0.2, -0.15) is 0 Å². The lowest BCUT2D eigenvalue weighted by Gasteiger charge is -2.06. The Labute approximate surface area is 122 Å². The lowest BCUT2D eigenvalue weighted by molar-refractivity contribution is 0.0953. The van der Waals surface area contributed by atoms with Crippen molar-refractivity contribution in [2.24, 2.45) is 5.73 Å². The van der Waals surface area contributed by atoms with Gasteiger partial charge in [-0.1, -0.05) is 11.8 Å². The van der Waals surface area contributed by atoms with Crippen LogP contribution in [0.5, 0.6) is 0 Å². The van der Waals surface area contributed by atoms with Crippen LogP contribution in [0.1, 0.15) is 21.7 Å². The molecule has 0 unspecified atom stereocenters. The first-order chi connectivity index (χ1) is 10.2. The van der Waals surface area contributed by atoms with Crippen LogP contribution >= 0.6 is 0 Å². The molecule has 108 valence electrons. The number of furan rings is 1. The van der Waals surface area contributed by atoms with Crippen LogP contribution in [0.25, 0.3) is 0 Å². The number of benzene rings is 1. The quantitative estimate of drug-likeness (QED) is 0.841. The van der Waals surface area contributed by atoms with Crippen LogP contribution in [-0.4, -0.2) is 19.0 Å². The topological polar surface area (TPSA) is 68.3 Å². The molecule has 3 N–H and O–H groups in total. The van der Waals surface area contributed by atoms with Gasteiger partial charge < -0.3 is 15.5 Å². The number of amides is 1. The second kappa shape index (κ2) is 7.27. The van der Waals surface area contributed by atoms with Gasteiger partial charge in [0.25, 0.3) is 5.91 Å². The van der Waals surface area contributed by atoms with Crippen LogP contribution in [0.3, 0.4) is 0 Å². The van der Waals surface area contributed by atoms with Crippen molar-refractivity contribution >= 4 is 5.91 Å². The van der Waals surface area contributed by atoms with Crippen molar-refractivity contribution in [3.8, 4) is 11.8 Å². The van der Waals surface area contributed by atoms with Crippen molar-refractivity contribution in [2.75, 3.05) is 13.1 Å². The third-order valence-corrected chi connectivity index (χ3v) is 2.79. The third-order valence-electron chi connectivity index (χ3n) is 2.79. The zero-order valence-electron chi connectivity index (χ0n) is 11.4. The number of nitrogens with one attached hydrogen (secondary N) is 1. The van der Waals surface area contributed by atoms with E-state index >= 15 is 0 Å². The van der Waals surface area contributed by atoms with Crippen molar-refractivity contribution in [1.82, 2.24) is 5.32 Å². The molecule has 1 amide bonds. The Bertz CT molecular complexity index is 669. The van der Waals surface area contributed by atoms with Gasteiger partial charge in [-0.3, -0.25) is 4.79 Å². The third kappa shape index (κ3) is 4.20. The van der Waals surface area contributed by atoms with E-state index in [4.69, 9.17) is 10.2 Å². The summed E-state index contributed by atoms with van der Waals surface area (Å²) in [5.74, 6) is 5.34. The van der Waals surface area contributed by atoms with Gasteiger partial charge in [-0.25, -0.2) is 4.39 Å². The largest absolute Gasteiger partial charge is 0.469 e. The summed E-state index contributed by atoms with van der Waals surface area (Å²) in [5, 5.41) is 2.72. The van der Waals surface area contributed by atoms with Gasteiger partial charge in [-0.05, 0) is 30.3 Å². The van der Waals surface area contributed by atoms with Gasteiger partial charge in [0.1, 0.15) is 11.6 Å². The maximum atomic E-state index is 13.3. The lowest BCUT2D eigenvalue weighted by Crippen LogP contribution is -2.26. The van der Waals surface area contributed by atoms with Crippen LogP contribution in [0, 0.1) is 17.7 Å². The Morgan fingerprint density at radius 1 is 1.38 bits per heavy atom. The molecule has 0 aliphatic carbocycles. The Morgan fingerprint density at radius 2 is 2.24 bits per heavy atom. The molecule has 0 spiro atoms. The van der Waals surface area contributed by atoms with Gasteiger partial charge in [0.05, 0.1) is 18.4 Å². The van der Waals surface area contributed by atoms with E-state index in [1.54, 1.807) is 12.3 Å². The highest BCUT2D eigenvalue weighted by Gasteiger charge is 2.11. The Morgan fingerprint density at radius 3 is 2.95 bits per heavy atom. The first-order valence-corrected chi connectivity index (χ1v) is 6.50. The molecule has 4 nitrogen and oxygen atoms in total. The monoisotopic (exact) mass is 286 g/mol. The molecule has 1 aromatic carbocycles. The maximum Gasteiger partial charge on any atom is 0.252 e. The number of carbonyl (C=O) groups excluding carboxylic acids is 1. The summed E-state index contributed by atoms with van der Waals surface area (Å²) < 4.78 is 18.5. The van der Waals surface area contributed by atoms with Gasteiger partial charge >= 0.3 is 0 Å². The van der Waals surface area contributed by atoms with Crippen LogP contribution in [0.2, 0.25) is 0 Å². The summed E-state index contributed by atoms with van der Waals surface area (Å²) in [5.41, 5.74) is 5.97. The summed E-state index contributed by atoms with van der Waals surface area (Å²) in [7, 11) is 0. The molecule has 2 aromatic rings. The zero-order valence-corrected chi connectivity index (χ0v) is 11.4. The fourth-order valence-corrected chi connectivity index (χ4v) is 1.81. The van der Waals surface area contributed by atoms with E-state index in [-0.39, 0.29) is 18.0 Å². The first kappa shape index (κ1) is 14.8. The molecule has 0 saturated heterocycles. The van der Waals surface area contributed by atoms with Gasteiger partial charge in [-0.15, -0.1) is 0 Å². The summed E-state index contributed by atoms with van der Waals surface area (Å²) in [6.45, 7) is 0.573. The standard InChI is InChI=1S/C16H15FN2O2/c17-13-6-5-12(3-1-8-18)15(11-13)16(20)19-9-7-14-4-2-10-21-14/h2,4-6,10-11H,7-9,18H2,(H,19,20). The highest BCUT2D eigenvalue weighted by atomic mass is 19.1. The zero-order chi connectivity index (χ0) is 15.1. The fraction of sp³-hybridized carbons (Fsp3) is 0.188. The Hall–Kier alpha value is -2.58. The smallest absolute Gasteiger partial charge is 0.252 e. The van der Waals surface area contributed by atoms with E-state index in [2.05, 4.69) is 17.2 Å². The number of hydrogen-bond acceptors (Lipinski definition) is 3. The molecule has 0 saturated carbocycles. The van der Waals surface area contributed by atoms with Crippen molar-refractivity contribution in [1.29, 1.82) is 0 Å². The predicted molar refractivity (Wildman–Crippen MR) is 77.1 cm³/mol. The Balaban J connectivity index is 2.05. The molecule has 0 fully saturated rings. The molecule has 0 bridgehead atoms. The van der Waals surface area contributed by atoms with E-state index in [0.717, 1.165) is 5.76 Å². The summed E-state index contributed by atoms with van der Waals surface area (Å²) >= 11 is 0. The summed E-state index contributed by atoms with van der Waals surface area (Å²) in [6, 6.07) is 7.51. The second-order valence-electron chi connectivity index (χ2n) is 4.28. The number of carbonyl (C=O) groups is 1. The lowest BCUT2D eigenvalue weighted by atomic mass is 10.1. The SMILES string of the molecule is NCC#Cc1ccc(F)cc1C(=O)NCCc1ccco1. The molecule has 2 rings (SSSR count). The minimum atomic E-state index is -0.482. The van der Waals surface area contributed by atoms with E-state index in [1.807, 2.05) is 6.07 Å². The minimum absolute atomic E-state index is 0.178. The molecular weight excluding hydrogens is 271 g/mol. The van der Waals surface area contributed by atoms with Crippen molar-refractivity contribution in [2.45, 2.75) is 6.42 Å². The molecule has 21 heavy (non-hydrogen) atoms. The van der Waals surface area contributed by atoms with E-state index in [0.29, 0.717) is 18.5 Å². The van der Waals surface area contributed by atoms with E-state index in [1.165, 1.54) is 18.2 Å². The summed E-state index contributed by atoms with van der Waals surface area (Å²) in [4.78, 5) is 12.1. The fourth-order valence-electron chi connectivity index (χ4n) is 1.81. The molecule has 0 radical (unpaired) electrons. The predicted octanol–water partition coefficient (Wildman–Crippen LogP) is 1.70. The van der Waals surface area contributed by atoms with Crippen molar-refractivity contribution < 1.29 is 13.6 Å². The van der Waals surface area contributed by atoms with Crippen LogP contribution < -0.4 is 11.1 Å². The number of nitrogens with two attached hydrogens (primary N) is 1. The molecule has 0 aliphatic rings. The van der Waals surface area contributed by atoms with Crippen LogP contribution in [0.4, 0.5) is 4.39 Å². The number of rotatable bonds is 4. The van der Waals surface area contributed by atoms with Crippen LogP contribution in [-0.2, 0) is 6.42 Å². The normalized spacial score (nSPS) is 9.81. The van der Waals surface area contributed by atoms with Crippen molar-refractivity contribution in [3.63, 3.8) is 0 Å². The average molecular weight is 286 g/mol. The van der Waals surface area contributed by atoms with Gasteiger partial charge in [0, 0.05) is 18.5 Å². The molecule has 1 aromatic heterocycles. The number of hydrogen-bond donors (Lipinski definition) is 2. The maximum absolute atomic E-state index is 13.3. The molecule has 0 atom stereocenters. The van der Waals surface area contributed by atoms with Gasteiger partial charge in [0.15, 0.2) is 0 Å². The van der Waals surface area contributed by atoms with Crippen LogP contribution in [0.15, 0.2) is 41.0 Å². The second-order valence-corrected chi connectivity index (χ2v) is 4.28.